The monoisotopic (exact) mass is 343 g/mol. The third-order valence-electron chi connectivity index (χ3n) is 4.63. The number of carboxylic acid groups (broad SMARTS) is 1. The van der Waals surface area contributed by atoms with Crippen molar-refractivity contribution in [3.05, 3.63) is 30.5 Å². The number of benzene rings is 1. The summed E-state index contributed by atoms with van der Waals surface area (Å²) >= 11 is 0. The van der Waals surface area contributed by atoms with Crippen molar-refractivity contribution < 1.29 is 19.4 Å². The highest BCUT2D eigenvalue weighted by molar-refractivity contribution is 6.02. The summed E-state index contributed by atoms with van der Waals surface area (Å²) in [6.07, 6.45) is 3.35. The zero-order valence-corrected chi connectivity index (χ0v) is 14.0. The van der Waals surface area contributed by atoms with Crippen LogP contribution in [0.25, 0.3) is 10.9 Å². The van der Waals surface area contributed by atoms with Crippen molar-refractivity contribution in [1.29, 1.82) is 0 Å². The molecule has 132 valence electrons. The summed E-state index contributed by atoms with van der Waals surface area (Å²) in [6.45, 7) is 0. The van der Waals surface area contributed by atoms with Crippen LogP contribution < -0.4 is 15.4 Å². The van der Waals surface area contributed by atoms with Gasteiger partial charge in [-0.05, 0) is 49.9 Å². The molecule has 0 radical (unpaired) electrons. The number of nitrogens with zero attached hydrogens (tertiary/aromatic N) is 1. The van der Waals surface area contributed by atoms with Crippen molar-refractivity contribution in [2.75, 3.05) is 12.4 Å². The fourth-order valence-corrected chi connectivity index (χ4v) is 3.27. The van der Waals surface area contributed by atoms with Crippen LogP contribution in [0.1, 0.15) is 25.7 Å². The van der Waals surface area contributed by atoms with E-state index in [9.17, 15) is 9.59 Å². The molecule has 1 heterocycles. The molecule has 1 saturated carbocycles. The van der Waals surface area contributed by atoms with E-state index < -0.39 is 6.09 Å². The molecule has 3 N–H and O–H groups in total. The van der Waals surface area contributed by atoms with Crippen molar-refractivity contribution in [2.24, 2.45) is 5.92 Å². The standard InChI is InChI=1S/C18H21N3O4/c1-25-13-6-7-15-14(10-13)16(8-9-19-15)21-17(22)11-2-4-12(5-3-11)20-18(23)24/h6-12,20H,2-5H2,1H3,(H,23,24)(H,19,21,22). The van der Waals surface area contributed by atoms with Crippen LogP contribution in [-0.4, -0.2) is 35.2 Å². The predicted octanol–water partition coefficient (Wildman–Crippen LogP) is 3.01. The number of hydrogen-bond acceptors (Lipinski definition) is 4. The lowest BCUT2D eigenvalue weighted by Gasteiger charge is -2.27. The molecule has 0 aliphatic heterocycles. The predicted molar refractivity (Wildman–Crippen MR) is 93.8 cm³/mol. The van der Waals surface area contributed by atoms with Crippen LogP contribution in [0.15, 0.2) is 30.5 Å². The van der Waals surface area contributed by atoms with E-state index >= 15 is 0 Å². The molecule has 1 aliphatic rings. The summed E-state index contributed by atoms with van der Waals surface area (Å²) < 4.78 is 5.25. The number of ether oxygens (including phenoxy) is 1. The van der Waals surface area contributed by atoms with Gasteiger partial charge in [-0.3, -0.25) is 9.78 Å². The first-order valence-corrected chi connectivity index (χ1v) is 8.30. The third-order valence-corrected chi connectivity index (χ3v) is 4.63. The quantitative estimate of drug-likeness (QED) is 0.792. The third kappa shape index (κ3) is 3.99. The minimum atomic E-state index is -1.01. The highest BCUT2D eigenvalue weighted by Crippen LogP contribution is 2.29. The largest absolute Gasteiger partial charge is 0.497 e. The first-order valence-electron chi connectivity index (χ1n) is 8.30. The maximum Gasteiger partial charge on any atom is 0.404 e. The lowest BCUT2D eigenvalue weighted by molar-refractivity contribution is -0.120. The summed E-state index contributed by atoms with van der Waals surface area (Å²) in [5.74, 6) is 0.556. The fraction of sp³-hybridized carbons (Fsp3) is 0.389. The fourth-order valence-electron chi connectivity index (χ4n) is 3.27. The Labute approximate surface area is 145 Å². The van der Waals surface area contributed by atoms with Gasteiger partial charge in [0.25, 0.3) is 0 Å². The van der Waals surface area contributed by atoms with Gasteiger partial charge in [-0.25, -0.2) is 4.79 Å². The molecule has 1 aromatic heterocycles. The van der Waals surface area contributed by atoms with E-state index in [-0.39, 0.29) is 17.9 Å². The van der Waals surface area contributed by atoms with Crippen LogP contribution in [0.3, 0.4) is 0 Å². The van der Waals surface area contributed by atoms with Crippen molar-refractivity contribution in [3.63, 3.8) is 0 Å². The summed E-state index contributed by atoms with van der Waals surface area (Å²) in [5, 5.41) is 15.1. The first kappa shape index (κ1) is 17.0. The molecule has 0 atom stereocenters. The maximum absolute atomic E-state index is 12.6. The lowest BCUT2D eigenvalue weighted by atomic mass is 9.85. The number of nitrogens with one attached hydrogen (secondary N) is 2. The summed E-state index contributed by atoms with van der Waals surface area (Å²) in [7, 11) is 1.60. The minimum Gasteiger partial charge on any atom is -0.497 e. The summed E-state index contributed by atoms with van der Waals surface area (Å²) in [5.41, 5.74) is 1.49. The van der Waals surface area contributed by atoms with Crippen LogP contribution in [0, 0.1) is 5.92 Å². The Morgan fingerprint density at radius 2 is 1.96 bits per heavy atom. The molecule has 7 heteroatoms. The van der Waals surface area contributed by atoms with E-state index in [4.69, 9.17) is 9.84 Å². The normalized spacial score (nSPS) is 20.0. The van der Waals surface area contributed by atoms with Crippen molar-refractivity contribution in [3.8, 4) is 5.75 Å². The number of carbonyl (C=O) groups is 2. The molecule has 1 aliphatic carbocycles. The molecule has 0 spiro atoms. The number of aromatic nitrogens is 1. The van der Waals surface area contributed by atoms with Crippen molar-refractivity contribution in [2.45, 2.75) is 31.7 Å². The van der Waals surface area contributed by atoms with E-state index in [1.807, 2.05) is 18.2 Å². The highest BCUT2D eigenvalue weighted by Gasteiger charge is 2.27. The number of methoxy groups -OCH3 is 1. The van der Waals surface area contributed by atoms with Crippen LogP contribution >= 0.6 is 0 Å². The van der Waals surface area contributed by atoms with Crippen LogP contribution in [0.2, 0.25) is 0 Å². The van der Waals surface area contributed by atoms with E-state index in [0.29, 0.717) is 37.1 Å². The summed E-state index contributed by atoms with van der Waals surface area (Å²) in [6, 6.07) is 7.25. The molecule has 0 bridgehead atoms. The molecule has 3 rings (SSSR count). The zero-order chi connectivity index (χ0) is 17.8. The number of pyridine rings is 1. The van der Waals surface area contributed by atoms with Gasteiger partial charge in [0.15, 0.2) is 0 Å². The molecular formula is C18H21N3O4. The number of fused-ring (bicyclic) bond motifs is 1. The van der Waals surface area contributed by atoms with Gasteiger partial charge in [-0.1, -0.05) is 0 Å². The number of amides is 2. The Morgan fingerprint density at radius 3 is 2.64 bits per heavy atom. The molecule has 2 aromatic rings. The van der Waals surface area contributed by atoms with E-state index in [0.717, 1.165) is 10.9 Å². The lowest BCUT2D eigenvalue weighted by Crippen LogP contribution is -2.38. The number of carbonyl (C=O) groups excluding carboxylic acids is 1. The Hall–Kier alpha value is -2.83. The molecule has 7 nitrogen and oxygen atoms in total. The van der Waals surface area contributed by atoms with Gasteiger partial charge in [-0.15, -0.1) is 0 Å². The van der Waals surface area contributed by atoms with E-state index in [1.54, 1.807) is 19.4 Å². The Morgan fingerprint density at radius 1 is 1.20 bits per heavy atom. The molecule has 2 amide bonds. The maximum atomic E-state index is 12.6. The van der Waals surface area contributed by atoms with Crippen LogP contribution in [-0.2, 0) is 4.79 Å². The van der Waals surface area contributed by atoms with Crippen molar-refractivity contribution >= 4 is 28.6 Å². The molecule has 25 heavy (non-hydrogen) atoms. The Balaban J connectivity index is 1.69. The van der Waals surface area contributed by atoms with Crippen molar-refractivity contribution in [1.82, 2.24) is 10.3 Å². The topological polar surface area (TPSA) is 101 Å². The first-order chi connectivity index (χ1) is 12.1. The van der Waals surface area contributed by atoms with Gasteiger partial charge in [0.05, 0.1) is 18.3 Å². The van der Waals surface area contributed by atoms with Gasteiger partial charge in [0, 0.05) is 23.5 Å². The molecular weight excluding hydrogens is 322 g/mol. The highest BCUT2D eigenvalue weighted by atomic mass is 16.5. The summed E-state index contributed by atoms with van der Waals surface area (Å²) in [4.78, 5) is 27.6. The number of anilines is 1. The van der Waals surface area contributed by atoms with Gasteiger partial charge >= 0.3 is 6.09 Å². The van der Waals surface area contributed by atoms with Gasteiger partial charge in [0.2, 0.25) is 5.91 Å². The number of hydrogen-bond donors (Lipinski definition) is 3. The van der Waals surface area contributed by atoms with Gasteiger partial charge in [0.1, 0.15) is 5.75 Å². The van der Waals surface area contributed by atoms with Gasteiger partial charge in [-0.2, -0.15) is 0 Å². The SMILES string of the molecule is COc1ccc2nccc(NC(=O)C3CCC(NC(=O)O)CC3)c2c1. The van der Waals surface area contributed by atoms with Crippen LogP contribution in [0.4, 0.5) is 10.5 Å². The molecule has 1 fully saturated rings. The molecule has 1 aromatic carbocycles. The average Bonchev–Trinajstić information content (AvgIpc) is 2.61. The average molecular weight is 343 g/mol. The molecule has 0 saturated heterocycles. The number of rotatable bonds is 4. The zero-order valence-electron chi connectivity index (χ0n) is 14.0. The van der Waals surface area contributed by atoms with Gasteiger partial charge < -0.3 is 20.5 Å². The second-order valence-corrected chi connectivity index (χ2v) is 6.23. The minimum absolute atomic E-state index is 0.0379. The molecule has 0 unspecified atom stereocenters. The van der Waals surface area contributed by atoms with Crippen LogP contribution in [0.5, 0.6) is 5.75 Å². The Bertz CT molecular complexity index is 785. The Kier molecular flexibility index (Phi) is 5.02. The van der Waals surface area contributed by atoms with E-state index in [1.165, 1.54) is 0 Å². The second kappa shape index (κ2) is 7.38. The van der Waals surface area contributed by atoms with E-state index in [2.05, 4.69) is 15.6 Å². The smallest absolute Gasteiger partial charge is 0.404 e. The second-order valence-electron chi connectivity index (χ2n) is 6.23.